The fourth-order valence-electron chi connectivity index (χ4n) is 1.27. The lowest BCUT2D eigenvalue weighted by Crippen LogP contribution is -2.32. The number of ether oxygens (including phenoxy) is 1. The van der Waals surface area contributed by atoms with Crippen molar-refractivity contribution in [2.24, 2.45) is 5.73 Å². The summed E-state index contributed by atoms with van der Waals surface area (Å²) in [5.74, 6) is -0.629. The largest absolute Gasteiger partial charge is 0.496 e. The second-order valence-corrected chi connectivity index (χ2v) is 3.59. The zero-order valence-corrected chi connectivity index (χ0v) is 9.11. The molecular weight excluding hydrogens is 225 g/mol. The van der Waals surface area contributed by atoms with E-state index in [0.29, 0.717) is 11.3 Å². The summed E-state index contributed by atoms with van der Waals surface area (Å²) < 4.78 is 5.06. The average molecular weight is 239 g/mol. The van der Waals surface area contributed by atoms with Crippen molar-refractivity contribution in [1.82, 2.24) is 0 Å². The highest BCUT2D eigenvalue weighted by molar-refractivity contribution is 6.40. The highest BCUT2D eigenvalue weighted by Gasteiger charge is 2.13. The highest BCUT2D eigenvalue weighted by Crippen LogP contribution is 2.14. The Hall–Kier alpha value is -1.57. The molecule has 0 spiro atoms. The van der Waals surface area contributed by atoms with E-state index in [1.54, 1.807) is 24.3 Å². The summed E-state index contributed by atoms with van der Waals surface area (Å²) in [7, 11) is -1.54. The van der Waals surface area contributed by atoms with Gasteiger partial charge in [-0.05, 0) is 24.1 Å². The molecule has 0 aliphatic heterocycles. The van der Waals surface area contributed by atoms with Gasteiger partial charge in [0.05, 0.1) is 0 Å². The maximum atomic E-state index is 10.6. The summed E-state index contributed by atoms with van der Waals surface area (Å²) in [6.07, 6.45) is 0.189. The van der Waals surface area contributed by atoms with Gasteiger partial charge >= 0.3 is 13.1 Å². The number of carbonyl (C=O) groups is 1. The van der Waals surface area contributed by atoms with Crippen molar-refractivity contribution in [3.8, 4) is 5.75 Å². The van der Waals surface area contributed by atoms with Crippen LogP contribution in [0, 0.1) is 0 Å². The maximum Gasteiger partial charge on any atom is 0.491 e. The molecule has 17 heavy (non-hydrogen) atoms. The summed E-state index contributed by atoms with van der Waals surface area (Å²) in [6.45, 7) is -0.242. The Morgan fingerprint density at radius 2 is 2.18 bits per heavy atom. The van der Waals surface area contributed by atoms with Crippen LogP contribution in [0.4, 0.5) is 0 Å². The number of carboxylic acid groups (broad SMARTS) is 1. The molecule has 0 amide bonds. The van der Waals surface area contributed by atoms with Crippen molar-refractivity contribution in [1.29, 1.82) is 0 Å². The molecule has 0 heterocycles. The van der Waals surface area contributed by atoms with Crippen LogP contribution in [0.2, 0.25) is 0 Å². The highest BCUT2D eigenvalue weighted by atomic mass is 16.5. The number of aliphatic carboxylic acids is 1. The van der Waals surface area contributed by atoms with E-state index in [2.05, 4.69) is 0 Å². The number of nitrogens with two attached hydrogens (primary N) is 1. The number of rotatable bonds is 6. The fraction of sp³-hybridized carbons (Fsp3) is 0.300. The number of carboxylic acids is 1. The lowest BCUT2D eigenvalue weighted by molar-refractivity contribution is -0.138. The van der Waals surface area contributed by atoms with Gasteiger partial charge in [-0.3, -0.25) is 4.79 Å². The van der Waals surface area contributed by atoms with E-state index >= 15 is 0 Å². The smallest absolute Gasteiger partial charge is 0.491 e. The van der Waals surface area contributed by atoms with Crippen LogP contribution in [0.15, 0.2) is 24.3 Å². The molecular formula is C10H14BNO5. The van der Waals surface area contributed by atoms with Gasteiger partial charge in [-0.15, -0.1) is 0 Å². The normalized spacial score (nSPS) is 11.9. The minimum Gasteiger partial charge on any atom is -0.496 e. The molecule has 5 N–H and O–H groups in total. The van der Waals surface area contributed by atoms with Crippen LogP contribution < -0.4 is 10.5 Å². The first-order valence-electron chi connectivity index (χ1n) is 5.05. The van der Waals surface area contributed by atoms with Gasteiger partial charge in [0.15, 0.2) is 0 Å². The van der Waals surface area contributed by atoms with Gasteiger partial charge in [0.2, 0.25) is 0 Å². The van der Waals surface area contributed by atoms with E-state index in [9.17, 15) is 4.79 Å². The molecule has 0 radical (unpaired) electrons. The molecule has 0 aliphatic carbocycles. The van der Waals surface area contributed by atoms with Gasteiger partial charge in [-0.2, -0.15) is 0 Å². The van der Waals surface area contributed by atoms with Gasteiger partial charge in [0.1, 0.15) is 18.3 Å². The molecule has 0 aromatic heterocycles. The minimum atomic E-state index is -1.54. The van der Waals surface area contributed by atoms with Crippen molar-refractivity contribution in [2.75, 3.05) is 6.51 Å². The monoisotopic (exact) mass is 239 g/mol. The fourth-order valence-corrected chi connectivity index (χ4v) is 1.27. The van der Waals surface area contributed by atoms with E-state index in [0.717, 1.165) is 0 Å². The molecule has 0 aliphatic rings. The Balaban J connectivity index is 2.62. The second-order valence-electron chi connectivity index (χ2n) is 3.59. The summed E-state index contributed by atoms with van der Waals surface area (Å²) >= 11 is 0. The van der Waals surface area contributed by atoms with Gasteiger partial charge in [0, 0.05) is 0 Å². The van der Waals surface area contributed by atoms with Crippen LogP contribution in [0.5, 0.6) is 5.75 Å². The van der Waals surface area contributed by atoms with E-state index in [-0.39, 0.29) is 12.9 Å². The van der Waals surface area contributed by atoms with E-state index < -0.39 is 19.1 Å². The third kappa shape index (κ3) is 4.86. The summed E-state index contributed by atoms with van der Waals surface area (Å²) in [5, 5.41) is 25.9. The minimum absolute atomic E-state index is 0.189. The van der Waals surface area contributed by atoms with Crippen LogP contribution >= 0.6 is 0 Å². The SMILES string of the molecule is N[C@H](Cc1cccc(OCB(O)O)c1)C(=O)O. The average Bonchev–Trinajstić information content (AvgIpc) is 2.26. The van der Waals surface area contributed by atoms with Crippen LogP contribution in [-0.4, -0.2) is 40.8 Å². The van der Waals surface area contributed by atoms with Crippen LogP contribution in [0.3, 0.4) is 0 Å². The van der Waals surface area contributed by atoms with Gasteiger partial charge in [0.25, 0.3) is 0 Å². The van der Waals surface area contributed by atoms with Crippen molar-refractivity contribution in [3.63, 3.8) is 0 Å². The molecule has 1 atom stereocenters. The van der Waals surface area contributed by atoms with Crippen LogP contribution in [0.1, 0.15) is 5.56 Å². The molecule has 0 saturated carbocycles. The maximum absolute atomic E-state index is 10.6. The molecule has 92 valence electrons. The Labute approximate surface area is 98.8 Å². The zero-order valence-electron chi connectivity index (χ0n) is 9.11. The standard InChI is InChI=1S/C10H14BNO5/c12-9(10(13)14)5-7-2-1-3-8(4-7)17-6-11(15)16/h1-4,9,15-16H,5-6,12H2,(H,13,14)/t9-/m1/s1. The Morgan fingerprint density at radius 1 is 1.47 bits per heavy atom. The van der Waals surface area contributed by atoms with Gasteiger partial charge in [-0.25, -0.2) is 0 Å². The molecule has 6 nitrogen and oxygen atoms in total. The van der Waals surface area contributed by atoms with Gasteiger partial charge < -0.3 is 25.6 Å². The van der Waals surface area contributed by atoms with Crippen molar-refractivity contribution in [3.05, 3.63) is 29.8 Å². The Kier molecular flexibility index (Phi) is 4.95. The van der Waals surface area contributed by atoms with Crippen molar-refractivity contribution >= 4 is 13.1 Å². The van der Waals surface area contributed by atoms with E-state index in [1.165, 1.54) is 0 Å². The molecule has 0 bridgehead atoms. The molecule has 0 unspecified atom stereocenters. The lowest BCUT2D eigenvalue weighted by Gasteiger charge is -2.09. The third-order valence-electron chi connectivity index (χ3n) is 2.07. The first kappa shape index (κ1) is 13.5. The molecule has 1 aromatic carbocycles. The molecule has 0 fully saturated rings. The zero-order chi connectivity index (χ0) is 12.8. The summed E-state index contributed by atoms with van der Waals surface area (Å²) in [4.78, 5) is 10.6. The molecule has 1 aromatic rings. The quantitative estimate of drug-likeness (QED) is 0.475. The van der Waals surface area contributed by atoms with Crippen LogP contribution in [-0.2, 0) is 11.2 Å². The third-order valence-corrected chi connectivity index (χ3v) is 2.07. The first-order valence-corrected chi connectivity index (χ1v) is 5.05. The first-order chi connectivity index (χ1) is 7.99. The van der Waals surface area contributed by atoms with E-state index in [4.69, 9.17) is 25.6 Å². The molecule has 7 heteroatoms. The van der Waals surface area contributed by atoms with Gasteiger partial charge in [-0.1, -0.05) is 12.1 Å². The predicted octanol–water partition coefficient (Wildman–Crippen LogP) is -0.968. The van der Waals surface area contributed by atoms with Crippen molar-refractivity contribution < 1.29 is 24.7 Å². The summed E-state index contributed by atoms with van der Waals surface area (Å²) in [6, 6.07) is 5.70. The number of benzene rings is 1. The topological polar surface area (TPSA) is 113 Å². The molecule has 1 rings (SSSR count). The van der Waals surface area contributed by atoms with Crippen LogP contribution in [0.25, 0.3) is 0 Å². The Bertz CT molecular complexity index is 385. The summed E-state index contributed by atoms with van der Waals surface area (Å²) in [5.41, 5.74) is 6.11. The second kappa shape index (κ2) is 6.24. The van der Waals surface area contributed by atoms with E-state index in [1.807, 2.05) is 0 Å². The molecule has 0 saturated heterocycles. The predicted molar refractivity (Wildman–Crippen MR) is 61.4 cm³/mol. The number of hydrogen-bond acceptors (Lipinski definition) is 5. The lowest BCUT2D eigenvalue weighted by atomic mass is 9.95. The Morgan fingerprint density at radius 3 is 2.76 bits per heavy atom. The number of hydrogen-bond donors (Lipinski definition) is 4. The van der Waals surface area contributed by atoms with Crippen molar-refractivity contribution in [2.45, 2.75) is 12.5 Å².